The number of benzene rings is 1. The summed E-state index contributed by atoms with van der Waals surface area (Å²) in [4.78, 5) is 0. The molecule has 0 unspecified atom stereocenters. The summed E-state index contributed by atoms with van der Waals surface area (Å²) >= 11 is 0. The summed E-state index contributed by atoms with van der Waals surface area (Å²) in [6, 6.07) is 9.91. The van der Waals surface area contributed by atoms with E-state index in [0.717, 1.165) is 12.0 Å². The molecule has 0 aromatic heterocycles. The van der Waals surface area contributed by atoms with Crippen molar-refractivity contribution in [2.24, 2.45) is 0 Å². The first-order valence-corrected chi connectivity index (χ1v) is 11.4. The summed E-state index contributed by atoms with van der Waals surface area (Å²) in [5, 5.41) is 19.2. The molecular weight excluding hydrogens is 348 g/mol. The minimum Gasteiger partial charge on any atom is -0.394 e. The molecule has 1 aromatic rings. The highest BCUT2D eigenvalue weighted by molar-refractivity contribution is 5.13. The molecule has 0 fully saturated rings. The molecule has 3 heteroatoms. The molecule has 0 amide bonds. The van der Waals surface area contributed by atoms with Gasteiger partial charge in [0.15, 0.2) is 0 Å². The maximum Gasteiger partial charge on any atom is 0.107 e. The van der Waals surface area contributed by atoms with Gasteiger partial charge in [-0.05, 0) is 18.4 Å². The summed E-state index contributed by atoms with van der Waals surface area (Å²) in [5.41, 5.74) is 1.07. The molecular formula is C25H42O3. The Bertz CT molecular complexity index is 472. The zero-order chi connectivity index (χ0) is 20.3. The van der Waals surface area contributed by atoms with Crippen molar-refractivity contribution in [2.75, 3.05) is 6.61 Å². The standard InChI is InChI=1S/C25H42O3/c1-2-3-4-5-6-7-8-9-10-11-12-13-17-20-25(24(27)21-26)28-22-23-18-15-14-16-19-23/h14-20,24-27H,2-13,21-22H2,1H3/b20-17+/t24-,25-/m1/s1. The van der Waals surface area contributed by atoms with Crippen molar-refractivity contribution >= 4 is 0 Å². The molecule has 0 bridgehead atoms. The summed E-state index contributed by atoms with van der Waals surface area (Å²) < 4.78 is 5.79. The number of aliphatic hydroxyl groups excluding tert-OH is 2. The molecule has 1 rings (SSSR count). The fourth-order valence-electron chi connectivity index (χ4n) is 3.32. The van der Waals surface area contributed by atoms with Crippen molar-refractivity contribution in [2.45, 2.75) is 103 Å². The molecule has 0 saturated carbocycles. The number of allylic oxidation sites excluding steroid dienone is 1. The van der Waals surface area contributed by atoms with E-state index in [1.807, 2.05) is 36.4 Å². The summed E-state index contributed by atoms with van der Waals surface area (Å²) in [6.07, 6.45) is 18.5. The van der Waals surface area contributed by atoms with Crippen molar-refractivity contribution in [1.82, 2.24) is 0 Å². The van der Waals surface area contributed by atoms with Crippen LogP contribution in [0, 0.1) is 0 Å². The van der Waals surface area contributed by atoms with Crippen LogP contribution < -0.4 is 0 Å². The van der Waals surface area contributed by atoms with Crippen molar-refractivity contribution in [3.8, 4) is 0 Å². The van der Waals surface area contributed by atoms with E-state index >= 15 is 0 Å². The number of aliphatic hydroxyl groups is 2. The van der Waals surface area contributed by atoms with Gasteiger partial charge in [-0.15, -0.1) is 0 Å². The van der Waals surface area contributed by atoms with Gasteiger partial charge in [-0.2, -0.15) is 0 Å². The molecule has 0 spiro atoms. The third-order valence-electron chi connectivity index (χ3n) is 5.15. The van der Waals surface area contributed by atoms with Crippen LogP contribution in [0.25, 0.3) is 0 Å². The molecule has 1 aromatic carbocycles. The second-order valence-electron chi connectivity index (χ2n) is 7.76. The van der Waals surface area contributed by atoms with Gasteiger partial charge in [0, 0.05) is 0 Å². The zero-order valence-corrected chi connectivity index (χ0v) is 17.9. The lowest BCUT2D eigenvalue weighted by molar-refractivity contribution is -0.0407. The Hall–Kier alpha value is -1.16. The van der Waals surface area contributed by atoms with Crippen molar-refractivity contribution in [3.05, 3.63) is 48.0 Å². The predicted molar refractivity (Wildman–Crippen MR) is 118 cm³/mol. The molecule has 0 heterocycles. The van der Waals surface area contributed by atoms with Crippen LogP contribution in [-0.4, -0.2) is 29.0 Å². The van der Waals surface area contributed by atoms with Crippen molar-refractivity contribution < 1.29 is 14.9 Å². The van der Waals surface area contributed by atoms with E-state index < -0.39 is 12.2 Å². The van der Waals surface area contributed by atoms with Gasteiger partial charge in [0.05, 0.1) is 13.2 Å². The van der Waals surface area contributed by atoms with Crippen LogP contribution in [0.1, 0.15) is 89.5 Å². The van der Waals surface area contributed by atoms with Crippen molar-refractivity contribution in [3.63, 3.8) is 0 Å². The van der Waals surface area contributed by atoms with Gasteiger partial charge >= 0.3 is 0 Å². The fourth-order valence-corrected chi connectivity index (χ4v) is 3.32. The number of rotatable bonds is 18. The lowest BCUT2D eigenvalue weighted by Gasteiger charge is -2.19. The van der Waals surface area contributed by atoms with E-state index in [1.54, 1.807) is 0 Å². The zero-order valence-electron chi connectivity index (χ0n) is 17.9. The Labute approximate surface area is 172 Å². The minimum absolute atomic E-state index is 0.289. The molecule has 2 atom stereocenters. The van der Waals surface area contributed by atoms with Gasteiger partial charge in [0.2, 0.25) is 0 Å². The number of ether oxygens (including phenoxy) is 1. The Kier molecular flexibility index (Phi) is 15.9. The fraction of sp³-hybridized carbons (Fsp3) is 0.680. The second-order valence-corrected chi connectivity index (χ2v) is 7.76. The highest BCUT2D eigenvalue weighted by Gasteiger charge is 2.15. The monoisotopic (exact) mass is 390 g/mol. The lowest BCUT2D eigenvalue weighted by atomic mass is 10.0. The first-order valence-electron chi connectivity index (χ1n) is 11.4. The first kappa shape index (κ1) is 24.9. The first-order chi connectivity index (χ1) is 13.8. The highest BCUT2D eigenvalue weighted by Crippen LogP contribution is 2.13. The van der Waals surface area contributed by atoms with Gasteiger partial charge in [-0.25, -0.2) is 0 Å². The van der Waals surface area contributed by atoms with Gasteiger partial charge in [-0.3, -0.25) is 0 Å². The summed E-state index contributed by atoms with van der Waals surface area (Å²) in [6.45, 7) is 2.41. The maximum absolute atomic E-state index is 9.96. The van der Waals surface area contributed by atoms with Crippen LogP contribution in [-0.2, 0) is 11.3 Å². The van der Waals surface area contributed by atoms with Gasteiger partial charge in [0.1, 0.15) is 12.2 Å². The van der Waals surface area contributed by atoms with Gasteiger partial charge in [0.25, 0.3) is 0 Å². The van der Waals surface area contributed by atoms with Crippen LogP contribution in [0.3, 0.4) is 0 Å². The van der Waals surface area contributed by atoms with E-state index in [4.69, 9.17) is 4.74 Å². The largest absolute Gasteiger partial charge is 0.394 e. The molecule has 160 valence electrons. The lowest BCUT2D eigenvalue weighted by Crippen LogP contribution is -2.30. The molecule has 0 radical (unpaired) electrons. The topological polar surface area (TPSA) is 49.7 Å². The summed E-state index contributed by atoms with van der Waals surface area (Å²) in [5.74, 6) is 0. The second kappa shape index (κ2) is 17.9. The highest BCUT2D eigenvalue weighted by atomic mass is 16.5. The Balaban J connectivity index is 2.08. The van der Waals surface area contributed by atoms with Crippen LogP contribution in [0.5, 0.6) is 0 Å². The smallest absolute Gasteiger partial charge is 0.107 e. The molecule has 28 heavy (non-hydrogen) atoms. The number of hydrogen-bond donors (Lipinski definition) is 2. The Morgan fingerprint density at radius 3 is 2.00 bits per heavy atom. The van der Waals surface area contributed by atoms with Crippen LogP contribution in [0.2, 0.25) is 0 Å². The molecule has 0 aliphatic carbocycles. The van der Waals surface area contributed by atoms with E-state index in [0.29, 0.717) is 6.61 Å². The van der Waals surface area contributed by atoms with Gasteiger partial charge in [-0.1, -0.05) is 114 Å². The average molecular weight is 391 g/mol. The quantitative estimate of drug-likeness (QED) is 0.232. The minimum atomic E-state index is -0.878. The Morgan fingerprint density at radius 2 is 1.43 bits per heavy atom. The van der Waals surface area contributed by atoms with E-state index in [2.05, 4.69) is 13.0 Å². The average Bonchev–Trinajstić information content (AvgIpc) is 2.73. The Morgan fingerprint density at radius 1 is 0.857 bits per heavy atom. The van der Waals surface area contributed by atoms with Crippen LogP contribution in [0.4, 0.5) is 0 Å². The third-order valence-corrected chi connectivity index (χ3v) is 5.15. The number of unbranched alkanes of at least 4 members (excludes halogenated alkanes) is 11. The molecule has 2 N–H and O–H groups in total. The molecule has 0 saturated heterocycles. The predicted octanol–water partition coefficient (Wildman–Crippen LogP) is 6.18. The summed E-state index contributed by atoms with van der Waals surface area (Å²) in [7, 11) is 0. The van der Waals surface area contributed by atoms with E-state index in [-0.39, 0.29) is 6.61 Å². The van der Waals surface area contributed by atoms with Crippen LogP contribution in [0.15, 0.2) is 42.5 Å². The normalized spacial score (nSPS) is 13.8. The maximum atomic E-state index is 9.96. The molecule has 0 aliphatic rings. The SMILES string of the molecule is CCCCCCCCCCCCC/C=C/[C@@H](OCc1ccccc1)[C@H](O)CO. The van der Waals surface area contributed by atoms with E-state index in [1.165, 1.54) is 70.6 Å². The number of hydrogen-bond acceptors (Lipinski definition) is 3. The molecule has 3 nitrogen and oxygen atoms in total. The van der Waals surface area contributed by atoms with Crippen LogP contribution >= 0.6 is 0 Å². The van der Waals surface area contributed by atoms with Crippen molar-refractivity contribution in [1.29, 1.82) is 0 Å². The van der Waals surface area contributed by atoms with Gasteiger partial charge < -0.3 is 14.9 Å². The third kappa shape index (κ3) is 13.1. The van der Waals surface area contributed by atoms with E-state index in [9.17, 15) is 10.2 Å². The molecule has 0 aliphatic heterocycles.